The Kier molecular flexibility index (Phi) is 6.75. The zero-order valence-corrected chi connectivity index (χ0v) is 19.3. The molecule has 1 aliphatic heterocycles. The summed E-state index contributed by atoms with van der Waals surface area (Å²) in [7, 11) is 0. The van der Waals surface area contributed by atoms with Gasteiger partial charge in [-0.25, -0.2) is 4.39 Å². The van der Waals surface area contributed by atoms with Crippen molar-refractivity contribution in [3.63, 3.8) is 0 Å². The molecular weight excluding hydrogens is 407 g/mol. The van der Waals surface area contributed by atoms with Crippen LogP contribution in [0.5, 0.6) is 0 Å². The van der Waals surface area contributed by atoms with Gasteiger partial charge in [0.15, 0.2) is 0 Å². The molecule has 0 aliphatic carbocycles. The summed E-state index contributed by atoms with van der Waals surface area (Å²) in [6, 6.07) is 15.2. The van der Waals surface area contributed by atoms with Crippen molar-refractivity contribution in [3.05, 3.63) is 71.5 Å². The smallest absolute Gasteiger partial charge is 0.251 e. The lowest BCUT2D eigenvalue weighted by Gasteiger charge is -2.53. The van der Waals surface area contributed by atoms with Crippen molar-refractivity contribution in [2.24, 2.45) is 5.41 Å². The fourth-order valence-corrected chi connectivity index (χ4v) is 4.78. The van der Waals surface area contributed by atoms with E-state index in [1.807, 2.05) is 38.7 Å². The molecule has 32 heavy (non-hydrogen) atoms. The van der Waals surface area contributed by atoms with E-state index in [4.69, 9.17) is 0 Å². The highest BCUT2D eigenvalue weighted by atomic mass is 19.1. The number of carbonyl (C=O) groups is 2. The van der Waals surface area contributed by atoms with E-state index < -0.39 is 16.4 Å². The number of carbonyl (C=O) groups excluding carboxylic acids is 2. The SMILES string of the molecule is CC(C)(CC(=O)N1CC[C@@](CO)(c2ccc(F)cc2)C(C)(C)C1)NC(=O)c1ccccc1. The molecule has 1 heterocycles. The number of piperidine rings is 1. The monoisotopic (exact) mass is 440 g/mol. The van der Waals surface area contributed by atoms with Gasteiger partial charge in [-0.1, -0.05) is 44.2 Å². The first kappa shape index (κ1) is 23.9. The molecule has 6 heteroatoms. The molecule has 2 N–H and O–H groups in total. The number of aliphatic hydroxyl groups excluding tert-OH is 1. The second kappa shape index (κ2) is 9.02. The van der Waals surface area contributed by atoms with E-state index in [1.54, 1.807) is 36.4 Å². The molecule has 2 aromatic rings. The summed E-state index contributed by atoms with van der Waals surface area (Å²) in [4.78, 5) is 27.5. The number of nitrogens with zero attached hydrogens (tertiary/aromatic N) is 1. The zero-order chi connectivity index (χ0) is 23.6. The number of hydrogen-bond acceptors (Lipinski definition) is 3. The average molecular weight is 441 g/mol. The van der Waals surface area contributed by atoms with Crippen LogP contribution in [0.15, 0.2) is 54.6 Å². The maximum atomic E-state index is 13.5. The summed E-state index contributed by atoms with van der Waals surface area (Å²) in [6.07, 6.45) is 0.745. The number of benzene rings is 2. The molecule has 2 amide bonds. The van der Waals surface area contributed by atoms with Crippen LogP contribution >= 0.6 is 0 Å². The molecule has 1 saturated heterocycles. The lowest BCUT2D eigenvalue weighted by molar-refractivity contribution is -0.138. The normalized spacial score (nSPS) is 20.6. The van der Waals surface area contributed by atoms with Gasteiger partial charge in [-0.2, -0.15) is 0 Å². The quantitative estimate of drug-likeness (QED) is 0.716. The highest BCUT2D eigenvalue weighted by molar-refractivity contribution is 5.95. The van der Waals surface area contributed by atoms with Gasteiger partial charge in [-0.3, -0.25) is 9.59 Å². The second-order valence-corrected chi connectivity index (χ2v) is 10.1. The molecule has 5 nitrogen and oxygen atoms in total. The number of aliphatic hydroxyl groups is 1. The first-order chi connectivity index (χ1) is 15.0. The molecule has 3 rings (SSSR count). The maximum Gasteiger partial charge on any atom is 0.251 e. The van der Waals surface area contributed by atoms with Crippen LogP contribution in [-0.2, 0) is 10.2 Å². The molecule has 0 unspecified atom stereocenters. The van der Waals surface area contributed by atoms with Crippen LogP contribution in [0, 0.1) is 11.2 Å². The third-order valence-electron chi connectivity index (χ3n) is 6.79. The van der Waals surface area contributed by atoms with Crippen LogP contribution in [0.1, 0.15) is 56.5 Å². The van der Waals surface area contributed by atoms with Crippen molar-refractivity contribution in [1.82, 2.24) is 10.2 Å². The van der Waals surface area contributed by atoms with Gasteiger partial charge in [0, 0.05) is 36.0 Å². The van der Waals surface area contributed by atoms with Gasteiger partial charge >= 0.3 is 0 Å². The Morgan fingerprint density at radius 2 is 1.72 bits per heavy atom. The molecule has 0 spiro atoms. The molecule has 0 bridgehead atoms. The van der Waals surface area contributed by atoms with Crippen molar-refractivity contribution in [2.75, 3.05) is 19.7 Å². The van der Waals surface area contributed by atoms with Gasteiger partial charge in [-0.15, -0.1) is 0 Å². The molecule has 0 radical (unpaired) electrons. The summed E-state index contributed by atoms with van der Waals surface area (Å²) in [6.45, 7) is 8.64. The van der Waals surface area contributed by atoms with Gasteiger partial charge in [0.05, 0.1) is 6.61 Å². The number of likely N-dealkylation sites (tertiary alicyclic amines) is 1. The molecule has 0 saturated carbocycles. The predicted molar refractivity (Wildman–Crippen MR) is 123 cm³/mol. The first-order valence-electron chi connectivity index (χ1n) is 11.0. The topological polar surface area (TPSA) is 69.6 Å². The standard InChI is InChI=1S/C26H33FN2O3/c1-24(2)17-29(15-14-26(24,18-30)20-10-12-21(27)13-11-20)22(31)16-25(3,4)28-23(32)19-8-6-5-7-9-19/h5-13,30H,14-18H2,1-4H3,(H,28,32)/t26-/m1/s1. The number of hydrogen-bond donors (Lipinski definition) is 2. The highest BCUT2D eigenvalue weighted by Gasteiger charge is 2.50. The van der Waals surface area contributed by atoms with E-state index in [2.05, 4.69) is 5.32 Å². The van der Waals surface area contributed by atoms with E-state index in [1.165, 1.54) is 12.1 Å². The molecule has 0 aromatic heterocycles. The Hall–Kier alpha value is -2.73. The number of rotatable bonds is 6. The van der Waals surface area contributed by atoms with Gasteiger partial charge in [-0.05, 0) is 55.5 Å². The number of nitrogens with one attached hydrogen (secondary N) is 1. The summed E-state index contributed by atoms with van der Waals surface area (Å²) >= 11 is 0. The van der Waals surface area contributed by atoms with Crippen molar-refractivity contribution in [3.8, 4) is 0 Å². The van der Waals surface area contributed by atoms with Crippen molar-refractivity contribution < 1.29 is 19.1 Å². The number of amides is 2. The van der Waals surface area contributed by atoms with E-state index in [9.17, 15) is 19.1 Å². The van der Waals surface area contributed by atoms with Gasteiger partial charge < -0.3 is 15.3 Å². The fraction of sp³-hybridized carbons (Fsp3) is 0.462. The van der Waals surface area contributed by atoms with Crippen molar-refractivity contribution >= 4 is 11.8 Å². The van der Waals surface area contributed by atoms with Crippen LogP contribution in [0.25, 0.3) is 0 Å². The van der Waals surface area contributed by atoms with Crippen LogP contribution in [-0.4, -0.2) is 47.1 Å². The maximum absolute atomic E-state index is 13.5. The Balaban J connectivity index is 1.70. The van der Waals surface area contributed by atoms with Gasteiger partial charge in [0.2, 0.25) is 5.91 Å². The van der Waals surface area contributed by atoms with E-state index in [-0.39, 0.29) is 30.7 Å². The minimum absolute atomic E-state index is 0.0397. The minimum atomic E-state index is -0.712. The van der Waals surface area contributed by atoms with Crippen LogP contribution in [0.3, 0.4) is 0 Å². The summed E-state index contributed by atoms with van der Waals surface area (Å²) < 4.78 is 13.5. The molecule has 172 valence electrons. The van der Waals surface area contributed by atoms with Gasteiger partial charge in [0.1, 0.15) is 5.82 Å². The average Bonchev–Trinajstić information content (AvgIpc) is 2.74. The molecule has 1 fully saturated rings. The fourth-order valence-electron chi connectivity index (χ4n) is 4.78. The lowest BCUT2D eigenvalue weighted by atomic mass is 9.58. The van der Waals surface area contributed by atoms with Crippen LogP contribution in [0.2, 0.25) is 0 Å². The lowest BCUT2D eigenvalue weighted by Crippen LogP contribution is -2.59. The van der Waals surface area contributed by atoms with Crippen LogP contribution in [0.4, 0.5) is 4.39 Å². The Labute approximate surface area is 189 Å². The van der Waals surface area contributed by atoms with E-state index in [0.29, 0.717) is 25.1 Å². The summed E-state index contributed by atoms with van der Waals surface area (Å²) in [5, 5.41) is 13.3. The minimum Gasteiger partial charge on any atom is -0.395 e. The Morgan fingerprint density at radius 1 is 1.09 bits per heavy atom. The van der Waals surface area contributed by atoms with Crippen molar-refractivity contribution in [2.45, 2.75) is 51.5 Å². The van der Waals surface area contributed by atoms with Crippen molar-refractivity contribution in [1.29, 1.82) is 0 Å². The second-order valence-electron chi connectivity index (χ2n) is 10.1. The van der Waals surface area contributed by atoms with Gasteiger partial charge in [0.25, 0.3) is 5.91 Å². The molecule has 1 aliphatic rings. The summed E-state index contributed by atoms with van der Waals surface area (Å²) in [5.41, 5.74) is -0.260. The third-order valence-corrected chi connectivity index (χ3v) is 6.79. The first-order valence-corrected chi connectivity index (χ1v) is 11.0. The molecular formula is C26H33FN2O3. The largest absolute Gasteiger partial charge is 0.395 e. The van der Waals surface area contributed by atoms with E-state index in [0.717, 1.165) is 5.56 Å². The Morgan fingerprint density at radius 3 is 2.28 bits per heavy atom. The summed E-state index contributed by atoms with van der Waals surface area (Å²) in [5.74, 6) is -0.563. The third kappa shape index (κ3) is 4.85. The molecule has 1 atom stereocenters. The number of halogens is 1. The van der Waals surface area contributed by atoms with Crippen LogP contribution < -0.4 is 5.32 Å². The zero-order valence-electron chi connectivity index (χ0n) is 19.3. The highest BCUT2D eigenvalue weighted by Crippen LogP contribution is 2.48. The Bertz CT molecular complexity index is 957. The van der Waals surface area contributed by atoms with E-state index >= 15 is 0 Å². The predicted octanol–water partition coefficient (Wildman–Crippen LogP) is 3.91. The molecule has 2 aromatic carbocycles.